The van der Waals surface area contributed by atoms with Crippen LogP contribution in [0.1, 0.15) is 41.0 Å². The van der Waals surface area contributed by atoms with E-state index in [0.717, 1.165) is 6.42 Å². The molecule has 152 valence electrons. The number of carbonyl (C=O) groups excluding carboxylic acids is 2. The minimum Gasteiger partial charge on any atom is -0.336 e. The molecule has 1 atom stereocenters. The molecule has 0 aliphatic heterocycles. The van der Waals surface area contributed by atoms with Gasteiger partial charge in [0.2, 0.25) is 5.91 Å². The molecular formula is C20H28N4O3S. The average Bonchev–Trinajstić information content (AvgIpc) is 2.60. The molecule has 2 rings (SSSR count). The van der Waals surface area contributed by atoms with Crippen molar-refractivity contribution < 1.29 is 9.59 Å². The van der Waals surface area contributed by atoms with Gasteiger partial charge in [0.15, 0.2) is 5.16 Å². The zero-order chi connectivity index (χ0) is 20.8. The molecule has 0 unspecified atom stereocenters. The van der Waals surface area contributed by atoms with Crippen molar-refractivity contribution in [3.05, 3.63) is 34.6 Å². The van der Waals surface area contributed by atoms with E-state index < -0.39 is 17.2 Å². The van der Waals surface area contributed by atoms with Crippen molar-refractivity contribution in [2.24, 2.45) is 5.92 Å². The molecule has 0 radical (unpaired) electrons. The molecule has 1 aromatic heterocycles. The summed E-state index contributed by atoms with van der Waals surface area (Å²) in [6.45, 7) is 10.0. The molecule has 0 spiro atoms. The molecule has 8 heteroatoms. The highest BCUT2D eigenvalue weighted by Gasteiger charge is 2.21. The van der Waals surface area contributed by atoms with Crippen molar-refractivity contribution in [1.82, 2.24) is 20.2 Å². The first-order valence-electron chi connectivity index (χ1n) is 9.46. The highest BCUT2D eigenvalue weighted by atomic mass is 32.2. The summed E-state index contributed by atoms with van der Waals surface area (Å²) in [5.41, 5.74) is 0.486. The van der Waals surface area contributed by atoms with E-state index >= 15 is 0 Å². The van der Waals surface area contributed by atoms with Crippen LogP contribution in [0.15, 0.2) is 34.2 Å². The van der Waals surface area contributed by atoms with Gasteiger partial charge in [-0.3, -0.25) is 19.5 Å². The van der Waals surface area contributed by atoms with Gasteiger partial charge in [0.05, 0.1) is 16.2 Å². The first-order valence-corrected chi connectivity index (χ1v) is 10.3. The summed E-state index contributed by atoms with van der Waals surface area (Å²) in [6.07, 6.45) is 0.824. The van der Waals surface area contributed by atoms with Crippen LogP contribution in [0.4, 0.5) is 4.79 Å². The fourth-order valence-electron chi connectivity index (χ4n) is 2.55. The van der Waals surface area contributed by atoms with Crippen molar-refractivity contribution in [2.45, 2.75) is 64.0 Å². The van der Waals surface area contributed by atoms with Crippen LogP contribution < -0.4 is 16.2 Å². The maximum absolute atomic E-state index is 13.0. The molecular weight excluding hydrogens is 376 g/mol. The molecule has 0 fully saturated rings. The summed E-state index contributed by atoms with van der Waals surface area (Å²) < 4.78 is 1.63. The Labute approximate surface area is 169 Å². The number of thioether (sulfide) groups is 1. The second kappa shape index (κ2) is 9.73. The lowest BCUT2D eigenvalue weighted by atomic mass is 10.1. The van der Waals surface area contributed by atoms with Crippen LogP contribution in [0, 0.1) is 5.92 Å². The maximum Gasteiger partial charge on any atom is 0.321 e. The number of rotatable bonds is 7. The number of hydrogen-bond acceptors (Lipinski definition) is 5. The highest BCUT2D eigenvalue weighted by Crippen LogP contribution is 2.23. The van der Waals surface area contributed by atoms with Crippen molar-refractivity contribution in [2.75, 3.05) is 0 Å². The van der Waals surface area contributed by atoms with Crippen LogP contribution in [0.2, 0.25) is 0 Å². The minimum atomic E-state index is -0.587. The van der Waals surface area contributed by atoms with E-state index in [9.17, 15) is 14.4 Å². The smallest absolute Gasteiger partial charge is 0.321 e. The van der Waals surface area contributed by atoms with E-state index in [2.05, 4.69) is 29.5 Å². The average molecular weight is 405 g/mol. The Morgan fingerprint density at radius 3 is 2.46 bits per heavy atom. The number of imide groups is 1. The van der Waals surface area contributed by atoms with Gasteiger partial charge in [0.1, 0.15) is 0 Å². The standard InChI is InChI=1S/C20H28N4O3S/c1-12(2)10-11-24-18(26)15-8-6-7-9-16(15)22-20(24)28-14(5)17(25)23-19(27)21-13(3)4/h6-9,12-14H,10-11H2,1-5H3,(H2,21,23,25,27)/t14-/m0/s1. The van der Waals surface area contributed by atoms with Gasteiger partial charge in [-0.25, -0.2) is 9.78 Å². The van der Waals surface area contributed by atoms with E-state index in [-0.39, 0.29) is 11.6 Å². The molecule has 0 saturated heterocycles. The molecule has 3 amide bonds. The summed E-state index contributed by atoms with van der Waals surface area (Å²) in [7, 11) is 0. The van der Waals surface area contributed by atoms with Crippen LogP contribution >= 0.6 is 11.8 Å². The largest absolute Gasteiger partial charge is 0.336 e. The van der Waals surface area contributed by atoms with Crippen molar-refractivity contribution >= 4 is 34.6 Å². The van der Waals surface area contributed by atoms with Gasteiger partial charge in [-0.1, -0.05) is 37.7 Å². The van der Waals surface area contributed by atoms with Gasteiger partial charge < -0.3 is 5.32 Å². The Hall–Kier alpha value is -2.35. The highest BCUT2D eigenvalue weighted by molar-refractivity contribution is 8.00. The summed E-state index contributed by atoms with van der Waals surface area (Å²) in [5, 5.41) is 5.40. The zero-order valence-corrected chi connectivity index (χ0v) is 17.8. The van der Waals surface area contributed by atoms with Crippen molar-refractivity contribution in [1.29, 1.82) is 0 Å². The fraction of sp³-hybridized carbons (Fsp3) is 0.500. The SMILES string of the molecule is CC(C)CCn1c(S[C@@H](C)C(=O)NC(=O)NC(C)C)nc2ccccc2c1=O. The monoisotopic (exact) mass is 404 g/mol. The third-order valence-electron chi connectivity index (χ3n) is 4.06. The lowest BCUT2D eigenvalue weighted by molar-refractivity contribution is -0.119. The number of urea groups is 1. The molecule has 7 nitrogen and oxygen atoms in total. The molecule has 28 heavy (non-hydrogen) atoms. The van der Waals surface area contributed by atoms with Crippen molar-refractivity contribution in [3.63, 3.8) is 0 Å². The number of para-hydroxylation sites is 1. The quantitative estimate of drug-likeness (QED) is 0.546. The number of nitrogens with zero attached hydrogens (tertiary/aromatic N) is 2. The summed E-state index contributed by atoms with van der Waals surface area (Å²) >= 11 is 1.18. The fourth-order valence-corrected chi connectivity index (χ4v) is 3.48. The zero-order valence-electron chi connectivity index (χ0n) is 17.0. The number of carbonyl (C=O) groups is 2. The predicted molar refractivity (Wildman–Crippen MR) is 113 cm³/mol. The normalized spacial score (nSPS) is 12.4. The predicted octanol–water partition coefficient (Wildman–Crippen LogP) is 3.16. The lowest BCUT2D eigenvalue weighted by Gasteiger charge is -2.17. The number of amides is 3. The number of hydrogen-bond donors (Lipinski definition) is 2. The summed E-state index contributed by atoms with van der Waals surface area (Å²) in [4.78, 5) is 41.7. The van der Waals surface area contributed by atoms with E-state index in [1.54, 1.807) is 23.6 Å². The maximum atomic E-state index is 13.0. The van der Waals surface area contributed by atoms with E-state index in [1.165, 1.54) is 11.8 Å². The van der Waals surface area contributed by atoms with Crippen molar-refractivity contribution in [3.8, 4) is 0 Å². The van der Waals surface area contributed by atoms with Gasteiger partial charge in [0.25, 0.3) is 5.56 Å². The van der Waals surface area contributed by atoms with Crippen LogP contribution in [-0.2, 0) is 11.3 Å². The van der Waals surface area contributed by atoms with Gasteiger partial charge in [-0.05, 0) is 45.2 Å². The third kappa shape index (κ3) is 5.82. The van der Waals surface area contributed by atoms with E-state index in [1.807, 2.05) is 26.0 Å². The summed E-state index contributed by atoms with van der Waals surface area (Å²) in [5.74, 6) is -0.00219. The summed E-state index contributed by atoms with van der Waals surface area (Å²) in [6, 6.07) is 6.59. The lowest BCUT2D eigenvalue weighted by Crippen LogP contribution is -2.45. The molecule has 0 aliphatic carbocycles. The van der Waals surface area contributed by atoms with Gasteiger partial charge >= 0.3 is 6.03 Å². The van der Waals surface area contributed by atoms with Crippen LogP contribution in [0.5, 0.6) is 0 Å². The molecule has 2 aromatic rings. The first-order chi connectivity index (χ1) is 13.2. The number of nitrogens with one attached hydrogen (secondary N) is 2. The topological polar surface area (TPSA) is 93.1 Å². The first kappa shape index (κ1) is 21.9. The Kier molecular flexibility index (Phi) is 7.62. The van der Waals surface area contributed by atoms with E-state index in [0.29, 0.717) is 28.5 Å². The van der Waals surface area contributed by atoms with Gasteiger partial charge in [-0.15, -0.1) is 0 Å². The second-order valence-corrected chi connectivity index (χ2v) is 8.74. The number of benzene rings is 1. The van der Waals surface area contributed by atoms with Crippen LogP contribution in [-0.4, -0.2) is 32.8 Å². The third-order valence-corrected chi connectivity index (χ3v) is 5.15. The van der Waals surface area contributed by atoms with E-state index in [4.69, 9.17) is 0 Å². The molecule has 0 aliphatic rings. The van der Waals surface area contributed by atoms with Crippen LogP contribution in [0.3, 0.4) is 0 Å². The Morgan fingerprint density at radius 2 is 1.82 bits per heavy atom. The molecule has 1 aromatic carbocycles. The number of aromatic nitrogens is 2. The molecule has 2 N–H and O–H groups in total. The Balaban J connectivity index is 2.28. The molecule has 0 saturated carbocycles. The Bertz CT molecular complexity index is 908. The Morgan fingerprint density at radius 1 is 1.14 bits per heavy atom. The molecule has 0 bridgehead atoms. The van der Waals surface area contributed by atoms with Gasteiger partial charge in [-0.2, -0.15) is 0 Å². The minimum absolute atomic E-state index is 0.0703. The molecule has 1 heterocycles. The second-order valence-electron chi connectivity index (χ2n) is 7.43. The van der Waals surface area contributed by atoms with Gasteiger partial charge in [0, 0.05) is 12.6 Å². The number of fused-ring (bicyclic) bond motifs is 1. The van der Waals surface area contributed by atoms with Crippen LogP contribution in [0.25, 0.3) is 10.9 Å².